The van der Waals surface area contributed by atoms with E-state index < -0.39 is 0 Å². The number of hydrogen-bond acceptors (Lipinski definition) is 5. The molecule has 0 saturated heterocycles. The van der Waals surface area contributed by atoms with Crippen LogP contribution in [0.3, 0.4) is 0 Å². The lowest BCUT2D eigenvalue weighted by Crippen LogP contribution is -2.05. The quantitative estimate of drug-likeness (QED) is 0.827. The second-order valence-electron chi connectivity index (χ2n) is 3.38. The first-order valence-corrected chi connectivity index (χ1v) is 6.02. The first-order valence-electron chi connectivity index (χ1n) is 4.70. The van der Waals surface area contributed by atoms with Crippen LogP contribution in [0.5, 0.6) is 0 Å². The Balaban J connectivity index is 2.10. The van der Waals surface area contributed by atoms with Gasteiger partial charge in [0, 0.05) is 6.54 Å². The molecular formula is C10H11ClN4S. The van der Waals surface area contributed by atoms with E-state index in [1.165, 1.54) is 17.3 Å². The summed E-state index contributed by atoms with van der Waals surface area (Å²) < 4.78 is 0. The SMILES string of the molecule is Cc1cscc1CNc1nc(Cl)ncc1N. The molecule has 6 heteroatoms. The van der Waals surface area contributed by atoms with Crippen LogP contribution in [-0.2, 0) is 6.54 Å². The highest BCUT2D eigenvalue weighted by atomic mass is 35.5. The highest BCUT2D eigenvalue weighted by Gasteiger charge is 2.04. The second-order valence-corrected chi connectivity index (χ2v) is 4.46. The van der Waals surface area contributed by atoms with E-state index in [9.17, 15) is 0 Å². The van der Waals surface area contributed by atoms with Crippen LogP contribution in [0.1, 0.15) is 11.1 Å². The second kappa shape index (κ2) is 4.67. The Morgan fingerprint density at radius 1 is 1.50 bits per heavy atom. The number of thiophene rings is 1. The standard InChI is InChI=1S/C10H11ClN4S/c1-6-4-16-5-7(6)2-13-9-8(12)3-14-10(11)15-9/h3-5H,2,12H2,1H3,(H,13,14,15). The first-order chi connectivity index (χ1) is 7.66. The Kier molecular flexibility index (Phi) is 3.26. The molecule has 0 unspecified atom stereocenters. The molecule has 0 spiro atoms. The summed E-state index contributed by atoms with van der Waals surface area (Å²) in [4.78, 5) is 7.82. The van der Waals surface area contributed by atoms with Crippen LogP contribution in [0, 0.1) is 6.92 Å². The Labute approximate surface area is 102 Å². The zero-order valence-electron chi connectivity index (χ0n) is 8.70. The highest BCUT2D eigenvalue weighted by Crippen LogP contribution is 2.19. The third-order valence-corrected chi connectivity index (χ3v) is 3.29. The molecular weight excluding hydrogens is 244 g/mol. The lowest BCUT2D eigenvalue weighted by molar-refractivity contribution is 1.08. The van der Waals surface area contributed by atoms with Gasteiger partial charge in [-0.3, -0.25) is 0 Å². The molecule has 0 saturated carbocycles. The molecule has 0 bridgehead atoms. The number of halogens is 1. The molecule has 84 valence electrons. The average molecular weight is 255 g/mol. The van der Waals surface area contributed by atoms with Crippen LogP contribution < -0.4 is 11.1 Å². The molecule has 0 aliphatic heterocycles. The molecule has 4 nitrogen and oxygen atoms in total. The van der Waals surface area contributed by atoms with Gasteiger partial charge < -0.3 is 11.1 Å². The van der Waals surface area contributed by atoms with Crippen LogP contribution >= 0.6 is 22.9 Å². The highest BCUT2D eigenvalue weighted by molar-refractivity contribution is 7.08. The summed E-state index contributed by atoms with van der Waals surface area (Å²) in [6.07, 6.45) is 1.50. The van der Waals surface area contributed by atoms with Gasteiger partial charge >= 0.3 is 0 Å². The van der Waals surface area contributed by atoms with E-state index in [1.54, 1.807) is 11.3 Å². The monoisotopic (exact) mass is 254 g/mol. The van der Waals surface area contributed by atoms with Crippen molar-refractivity contribution in [3.63, 3.8) is 0 Å². The fourth-order valence-electron chi connectivity index (χ4n) is 1.26. The predicted molar refractivity (Wildman–Crippen MR) is 67.8 cm³/mol. The largest absolute Gasteiger partial charge is 0.394 e. The van der Waals surface area contributed by atoms with Crippen molar-refractivity contribution in [2.24, 2.45) is 0 Å². The summed E-state index contributed by atoms with van der Waals surface area (Å²) in [5, 5.41) is 7.54. The minimum Gasteiger partial charge on any atom is -0.394 e. The number of nitrogen functional groups attached to an aromatic ring is 1. The Hall–Kier alpha value is -1.33. The number of aryl methyl sites for hydroxylation is 1. The van der Waals surface area contributed by atoms with Gasteiger partial charge in [0.2, 0.25) is 5.28 Å². The third-order valence-electron chi connectivity index (χ3n) is 2.20. The Morgan fingerprint density at radius 2 is 2.31 bits per heavy atom. The number of nitrogens with two attached hydrogens (primary N) is 1. The van der Waals surface area contributed by atoms with Crippen LogP contribution in [0.25, 0.3) is 0 Å². The zero-order chi connectivity index (χ0) is 11.5. The molecule has 0 atom stereocenters. The molecule has 3 N–H and O–H groups in total. The van der Waals surface area contributed by atoms with Gasteiger partial charge in [0.05, 0.1) is 11.9 Å². The molecule has 2 aromatic rings. The van der Waals surface area contributed by atoms with Gasteiger partial charge in [-0.1, -0.05) is 0 Å². The maximum absolute atomic E-state index is 5.72. The minimum absolute atomic E-state index is 0.193. The summed E-state index contributed by atoms with van der Waals surface area (Å²) >= 11 is 7.37. The van der Waals surface area contributed by atoms with E-state index in [4.69, 9.17) is 17.3 Å². The maximum Gasteiger partial charge on any atom is 0.224 e. The normalized spacial score (nSPS) is 10.4. The number of nitrogens with one attached hydrogen (secondary N) is 1. The van der Waals surface area contributed by atoms with Crippen LogP contribution in [-0.4, -0.2) is 9.97 Å². The Bertz CT molecular complexity index is 497. The van der Waals surface area contributed by atoms with Crippen LogP contribution in [0.4, 0.5) is 11.5 Å². The number of rotatable bonds is 3. The predicted octanol–water partition coefficient (Wildman–Crippen LogP) is 2.69. The van der Waals surface area contributed by atoms with E-state index in [2.05, 4.69) is 33.0 Å². The molecule has 0 amide bonds. The fraction of sp³-hybridized carbons (Fsp3) is 0.200. The summed E-state index contributed by atoms with van der Waals surface area (Å²) in [6, 6.07) is 0. The van der Waals surface area contributed by atoms with Crippen molar-refractivity contribution >= 4 is 34.4 Å². The van der Waals surface area contributed by atoms with E-state index in [0.29, 0.717) is 18.1 Å². The molecule has 0 aliphatic carbocycles. The van der Waals surface area contributed by atoms with E-state index in [-0.39, 0.29) is 5.28 Å². The van der Waals surface area contributed by atoms with Crippen LogP contribution in [0.15, 0.2) is 17.0 Å². The van der Waals surface area contributed by atoms with Crippen molar-refractivity contribution in [1.29, 1.82) is 0 Å². The maximum atomic E-state index is 5.72. The van der Waals surface area contributed by atoms with Crippen molar-refractivity contribution in [2.75, 3.05) is 11.1 Å². The number of hydrogen-bond donors (Lipinski definition) is 2. The molecule has 0 aromatic carbocycles. The van der Waals surface area contributed by atoms with Gasteiger partial charge in [0.1, 0.15) is 0 Å². The minimum atomic E-state index is 0.193. The van der Waals surface area contributed by atoms with Crippen molar-refractivity contribution in [1.82, 2.24) is 9.97 Å². The number of anilines is 2. The molecule has 2 heterocycles. The van der Waals surface area contributed by atoms with Gasteiger partial charge in [0.15, 0.2) is 5.82 Å². The first kappa shape index (κ1) is 11.2. The Morgan fingerprint density at radius 3 is 3.00 bits per heavy atom. The van der Waals surface area contributed by atoms with E-state index >= 15 is 0 Å². The van der Waals surface area contributed by atoms with Crippen molar-refractivity contribution in [2.45, 2.75) is 13.5 Å². The van der Waals surface area contributed by atoms with E-state index in [1.807, 2.05) is 0 Å². The third kappa shape index (κ3) is 2.43. The van der Waals surface area contributed by atoms with Gasteiger partial charge in [-0.05, 0) is 40.4 Å². The fourth-order valence-corrected chi connectivity index (χ4v) is 2.25. The lowest BCUT2D eigenvalue weighted by Gasteiger charge is -2.07. The molecule has 2 rings (SSSR count). The van der Waals surface area contributed by atoms with Gasteiger partial charge in [-0.2, -0.15) is 16.3 Å². The summed E-state index contributed by atoms with van der Waals surface area (Å²) in [5.41, 5.74) is 8.72. The molecule has 16 heavy (non-hydrogen) atoms. The molecule has 0 aliphatic rings. The number of aromatic nitrogens is 2. The van der Waals surface area contributed by atoms with Gasteiger partial charge in [0.25, 0.3) is 0 Å². The molecule has 2 aromatic heterocycles. The van der Waals surface area contributed by atoms with Crippen molar-refractivity contribution in [3.8, 4) is 0 Å². The average Bonchev–Trinajstić information content (AvgIpc) is 2.66. The smallest absolute Gasteiger partial charge is 0.224 e. The van der Waals surface area contributed by atoms with Crippen molar-refractivity contribution in [3.05, 3.63) is 33.4 Å². The zero-order valence-corrected chi connectivity index (χ0v) is 10.3. The van der Waals surface area contributed by atoms with Gasteiger partial charge in [-0.15, -0.1) is 0 Å². The number of nitrogens with zero attached hydrogens (tertiary/aromatic N) is 2. The summed E-state index contributed by atoms with van der Waals surface area (Å²) in [5.74, 6) is 0.575. The van der Waals surface area contributed by atoms with Crippen LogP contribution in [0.2, 0.25) is 5.28 Å². The molecule has 0 radical (unpaired) electrons. The van der Waals surface area contributed by atoms with E-state index in [0.717, 1.165) is 0 Å². The lowest BCUT2D eigenvalue weighted by atomic mass is 10.2. The summed E-state index contributed by atoms with van der Waals surface area (Å²) in [6.45, 7) is 2.76. The molecule has 0 fully saturated rings. The summed E-state index contributed by atoms with van der Waals surface area (Å²) in [7, 11) is 0. The van der Waals surface area contributed by atoms with Gasteiger partial charge in [-0.25, -0.2) is 4.98 Å². The topological polar surface area (TPSA) is 63.8 Å². The van der Waals surface area contributed by atoms with Crippen molar-refractivity contribution < 1.29 is 0 Å².